The van der Waals surface area contributed by atoms with E-state index < -0.39 is 12.3 Å². The summed E-state index contributed by atoms with van der Waals surface area (Å²) in [5.74, 6) is 0.413. The summed E-state index contributed by atoms with van der Waals surface area (Å²) >= 11 is 0. The quantitative estimate of drug-likeness (QED) is 0.412. The third-order valence-corrected chi connectivity index (χ3v) is 6.67. The number of hydrazine groups is 1. The van der Waals surface area contributed by atoms with E-state index in [-0.39, 0.29) is 41.9 Å². The van der Waals surface area contributed by atoms with E-state index in [1.807, 2.05) is 27.7 Å². The lowest BCUT2D eigenvalue weighted by atomic mass is 9.81. The molecule has 1 saturated heterocycles. The lowest BCUT2D eigenvalue weighted by molar-refractivity contribution is -0.125. The highest BCUT2D eigenvalue weighted by molar-refractivity contribution is 5.98. The van der Waals surface area contributed by atoms with Gasteiger partial charge in [-0.1, -0.05) is 6.92 Å². The Hall–Kier alpha value is -1.28. The summed E-state index contributed by atoms with van der Waals surface area (Å²) < 4.78 is 27.5. The zero-order valence-electron chi connectivity index (χ0n) is 18.8. The number of amides is 1. The fourth-order valence-electron chi connectivity index (χ4n) is 4.77. The molecule has 2 saturated carbocycles. The first kappa shape index (κ1) is 23.4. The monoisotopic (exact) mass is 427 g/mol. The predicted molar refractivity (Wildman–Crippen MR) is 115 cm³/mol. The van der Waals surface area contributed by atoms with Crippen molar-refractivity contribution in [3.05, 3.63) is 0 Å². The molecule has 3 aliphatic rings. The van der Waals surface area contributed by atoms with Gasteiger partial charge in [-0.05, 0) is 77.6 Å². The van der Waals surface area contributed by atoms with Crippen LogP contribution in [0.1, 0.15) is 79.1 Å². The van der Waals surface area contributed by atoms with Gasteiger partial charge in [0.1, 0.15) is 18.5 Å². The maximum absolute atomic E-state index is 14.1. The van der Waals surface area contributed by atoms with Crippen molar-refractivity contribution >= 4 is 11.9 Å². The van der Waals surface area contributed by atoms with Gasteiger partial charge in [-0.3, -0.25) is 15.5 Å². The SMILES string of the molecule is CC1CCC(C(=O)N/C(=N/C2CC(C3CCC(F)CC3)NN2)NC(C)(C)C)CC1F. The number of aliphatic imine (C=N–C) groups is 1. The Kier molecular flexibility index (Phi) is 7.71. The lowest BCUT2D eigenvalue weighted by Crippen LogP contribution is -2.52. The summed E-state index contributed by atoms with van der Waals surface area (Å²) in [5, 5.41) is 6.20. The fourth-order valence-corrected chi connectivity index (χ4v) is 4.77. The second-order valence-electron chi connectivity index (χ2n) is 10.5. The topological polar surface area (TPSA) is 77.5 Å². The minimum Gasteiger partial charge on any atom is -0.351 e. The molecule has 2 aliphatic carbocycles. The molecule has 1 heterocycles. The maximum atomic E-state index is 14.1. The van der Waals surface area contributed by atoms with Crippen molar-refractivity contribution < 1.29 is 13.6 Å². The first-order chi connectivity index (χ1) is 14.1. The molecule has 0 aromatic carbocycles. The Morgan fingerprint density at radius 1 is 1.00 bits per heavy atom. The van der Waals surface area contributed by atoms with Gasteiger partial charge in [0.2, 0.25) is 5.91 Å². The van der Waals surface area contributed by atoms with Crippen molar-refractivity contribution in [1.29, 1.82) is 0 Å². The molecule has 1 amide bonds. The van der Waals surface area contributed by atoms with Crippen molar-refractivity contribution in [3.8, 4) is 0 Å². The van der Waals surface area contributed by atoms with Gasteiger partial charge in [-0.15, -0.1) is 0 Å². The van der Waals surface area contributed by atoms with Gasteiger partial charge in [0.05, 0.1) is 0 Å². The summed E-state index contributed by atoms with van der Waals surface area (Å²) in [6.07, 6.45) is 3.81. The van der Waals surface area contributed by atoms with Gasteiger partial charge in [0.15, 0.2) is 5.96 Å². The predicted octanol–water partition coefficient (Wildman–Crippen LogP) is 3.34. The number of hydrogen-bond donors (Lipinski definition) is 4. The average Bonchev–Trinajstić information content (AvgIpc) is 3.11. The molecule has 172 valence electrons. The van der Waals surface area contributed by atoms with Gasteiger partial charge in [0, 0.05) is 23.9 Å². The molecule has 30 heavy (non-hydrogen) atoms. The number of nitrogens with zero attached hydrogens (tertiary/aromatic N) is 1. The molecule has 1 aliphatic heterocycles. The van der Waals surface area contributed by atoms with Crippen LogP contribution in [0, 0.1) is 17.8 Å². The first-order valence-electron chi connectivity index (χ1n) is 11.6. The van der Waals surface area contributed by atoms with E-state index in [0.29, 0.717) is 31.1 Å². The fraction of sp³-hybridized carbons (Fsp3) is 0.909. The minimum absolute atomic E-state index is 0.0213. The van der Waals surface area contributed by atoms with Gasteiger partial charge >= 0.3 is 0 Å². The number of carbonyl (C=O) groups excluding carboxylic acids is 1. The van der Waals surface area contributed by atoms with Gasteiger partial charge in [-0.25, -0.2) is 19.2 Å². The zero-order chi connectivity index (χ0) is 21.9. The molecule has 0 aromatic heterocycles. The minimum atomic E-state index is -0.925. The molecular weight excluding hydrogens is 388 g/mol. The second kappa shape index (κ2) is 9.90. The molecular formula is C22H39F2N5O. The number of carbonyl (C=O) groups is 1. The highest BCUT2D eigenvalue weighted by atomic mass is 19.1. The number of guanidine groups is 1. The van der Waals surface area contributed by atoms with Crippen molar-refractivity contribution in [1.82, 2.24) is 21.5 Å². The van der Waals surface area contributed by atoms with Gasteiger partial charge in [0.25, 0.3) is 0 Å². The highest BCUT2D eigenvalue weighted by Gasteiger charge is 2.35. The number of rotatable bonds is 3. The van der Waals surface area contributed by atoms with Crippen molar-refractivity contribution in [2.45, 2.75) is 109 Å². The summed E-state index contributed by atoms with van der Waals surface area (Å²) in [6.45, 7) is 7.93. The van der Waals surface area contributed by atoms with E-state index in [2.05, 4.69) is 21.5 Å². The van der Waals surface area contributed by atoms with Crippen molar-refractivity contribution in [2.75, 3.05) is 0 Å². The third kappa shape index (κ3) is 6.61. The van der Waals surface area contributed by atoms with Gasteiger partial charge < -0.3 is 5.32 Å². The molecule has 6 nitrogen and oxygen atoms in total. The van der Waals surface area contributed by atoms with E-state index in [1.165, 1.54) is 0 Å². The standard InChI is InChI=1S/C22H39F2N5O/c1-13-5-6-15(11-17(13)24)20(30)26-21(27-22(2,3)4)25-19-12-18(28-29-19)14-7-9-16(23)10-8-14/h13-19,28-29H,5-12H2,1-4H3,(H2,25,26,27,30). The highest BCUT2D eigenvalue weighted by Crippen LogP contribution is 2.32. The smallest absolute Gasteiger partial charge is 0.229 e. The van der Waals surface area contributed by atoms with Gasteiger partial charge in [-0.2, -0.15) is 0 Å². The zero-order valence-corrected chi connectivity index (χ0v) is 18.8. The largest absolute Gasteiger partial charge is 0.351 e. The molecule has 8 heteroatoms. The molecule has 5 unspecified atom stereocenters. The van der Waals surface area contributed by atoms with Crippen LogP contribution in [0.15, 0.2) is 4.99 Å². The Morgan fingerprint density at radius 2 is 1.70 bits per heavy atom. The molecule has 0 spiro atoms. The molecule has 4 N–H and O–H groups in total. The van der Waals surface area contributed by atoms with Crippen LogP contribution in [0.4, 0.5) is 8.78 Å². The Labute approximate surface area is 179 Å². The van der Waals surface area contributed by atoms with Crippen LogP contribution >= 0.6 is 0 Å². The summed E-state index contributed by atoms with van der Waals surface area (Å²) in [4.78, 5) is 17.5. The number of alkyl halides is 2. The maximum Gasteiger partial charge on any atom is 0.229 e. The number of hydrogen-bond acceptors (Lipinski definition) is 4. The Balaban J connectivity index is 1.60. The normalized spacial score (nSPS) is 38.3. The molecule has 5 atom stereocenters. The average molecular weight is 428 g/mol. The van der Waals surface area contributed by atoms with Crippen LogP contribution < -0.4 is 21.5 Å². The molecule has 3 rings (SSSR count). The molecule has 0 radical (unpaired) electrons. The molecule has 3 fully saturated rings. The van der Waals surface area contributed by atoms with Crippen LogP contribution in [0.25, 0.3) is 0 Å². The lowest BCUT2D eigenvalue weighted by Gasteiger charge is -2.30. The summed E-state index contributed by atoms with van der Waals surface area (Å²) in [6, 6.07) is 0.255. The molecule has 0 aromatic rings. The van der Waals surface area contributed by atoms with Crippen LogP contribution in [-0.4, -0.2) is 42.0 Å². The van der Waals surface area contributed by atoms with Crippen molar-refractivity contribution in [2.24, 2.45) is 22.7 Å². The van der Waals surface area contributed by atoms with Crippen LogP contribution in [0.3, 0.4) is 0 Å². The van der Waals surface area contributed by atoms with E-state index >= 15 is 0 Å². The molecule has 0 bridgehead atoms. The Morgan fingerprint density at radius 3 is 2.33 bits per heavy atom. The van der Waals surface area contributed by atoms with E-state index in [0.717, 1.165) is 25.7 Å². The Bertz CT molecular complexity index is 615. The third-order valence-electron chi connectivity index (χ3n) is 6.67. The van der Waals surface area contributed by atoms with Crippen LogP contribution in [0.5, 0.6) is 0 Å². The van der Waals surface area contributed by atoms with E-state index in [9.17, 15) is 13.6 Å². The van der Waals surface area contributed by atoms with E-state index in [1.54, 1.807) is 0 Å². The van der Waals surface area contributed by atoms with Crippen LogP contribution in [-0.2, 0) is 4.79 Å². The second-order valence-corrected chi connectivity index (χ2v) is 10.5. The summed E-state index contributed by atoms with van der Waals surface area (Å²) in [7, 11) is 0. The number of halogens is 2. The number of nitrogens with one attached hydrogen (secondary N) is 4. The van der Waals surface area contributed by atoms with E-state index in [4.69, 9.17) is 4.99 Å². The van der Waals surface area contributed by atoms with Crippen molar-refractivity contribution in [3.63, 3.8) is 0 Å². The first-order valence-corrected chi connectivity index (χ1v) is 11.6. The summed E-state index contributed by atoms with van der Waals surface area (Å²) in [5.41, 5.74) is 6.25. The van der Waals surface area contributed by atoms with Crippen LogP contribution in [0.2, 0.25) is 0 Å².